The van der Waals surface area contributed by atoms with Crippen molar-refractivity contribution >= 4 is 11.0 Å². The van der Waals surface area contributed by atoms with Crippen molar-refractivity contribution in [1.29, 1.82) is 0 Å². The molecule has 0 bridgehead atoms. The summed E-state index contributed by atoms with van der Waals surface area (Å²) < 4.78 is 38.1. The molecule has 0 spiro atoms. The van der Waals surface area contributed by atoms with E-state index in [0.717, 1.165) is 17.7 Å². The van der Waals surface area contributed by atoms with E-state index in [1.165, 1.54) is 6.07 Å². The lowest BCUT2D eigenvalue weighted by Crippen LogP contribution is -2.04. The Morgan fingerprint density at radius 3 is 2.52 bits per heavy atom. The van der Waals surface area contributed by atoms with E-state index in [1.54, 1.807) is 19.9 Å². The zero-order chi connectivity index (χ0) is 15.2. The van der Waals surface area contributed by atoms with Gasteiger partial charge in [-0.2, -0.15) is 23.4 Å². The van der Waals surface area contributed by atoms with Gasteiger partial charge < -0.3 is 4.98 Å². The van der Waals surface area contributed by atoms with Crippen LogP contribution < -0.4 is 0 Å². The largest absolute Gasteiger partial charge is 0.416 e. The number of imidazole rings is 1. The fourth-order valence-electron chi connectivity index (χ4n) is 2.10. The van der Waals surface area contributed by atoms with Crippen LogP contribution in [-0.2, 0) is 6.18 Å². The molecule has 0 aliphatic heterocycles. The van der Waals surface area contributed by atoms with Gasteiger partial charge in [0.1, 0.15) is 5.82 Å². The Morgan fingerprint density at radius 1 is 1.05 bits per heavy atom. The normalized spacial score (nSPS) is 12.0. The Kier molecular flexibility index (Phi) is 2.93. The van der Waals surface area contributed by atoms with E-state index in [0.29, 0.717) is 28.2 Å². The summed E-state index contributed by atoms with van der Waals surface area (Å²) in [5.74, 6) is 0.486. The Bertz CT molecular complexity index is 821. The molecule has 0 amide bonds. The number of aromatic nitrogens is 4. The lowest BCUT2D eigenvalue weighted by atomic mass is 10.2. The summed E-state index contributed by atoms with van der Waals surface area (Å²) in [5.41, 5.74) is 2.22. The fourth-order valence-corrected chi connectivity index (χ4v) is 2.10. The smallest absolute Gasteiger partial charge is 0.338 e. The number of rotatable bonds is 1. The number of benzene rings is 1. The summed E-state index contributed by atoms with van der Waals surface area (Å²) in [7, 11) is 0. The second-order valence-corrected chi connectivity index (χ2v) is 4.80. The predicted molar refractivity (Wildman–Crippen MR) is 71.6 cm³/mol. The van der Waals surface area contributed by atoms with E-state index in [-0.39, 0.29) is 0 Å². The van der Waals surface area contributed by atoms with Crippen molar-refractivity contribution in [2.75, 3.05) is 0 Å². The molecule has 21 heavy (non-hydrogen) atoms. The maximum Gasteiger partial charge on any atom is 0.416 e. The van der Waals surface area contributed by atoms with E-state index in [9.17, 15) is 13.2 Å². The molecule has 0 saturated heterocycles. The minimum absolute atomic E-state index is 0.341. The van der Waals surface area contributed by atoms with Crippen LogP contribution in [0.5, 0.6) is 0 Å². The Hall–Kier alpha value is -2.44. The molecule has 2 aromatic heterocycles. The zero-order valence-corrected chi connectivity index (χ0v) is 11.3. The highest BCUT2D eigenvalue weighted by molar-refractivity contribution is 5.80. The SMILES string of the molecule is Cc1cc(-c2nc3ccc(C(F)(F)F)cc3[nH]2)c(C)nn1. The number of nitrogens with one attached hydrogen (secondary N) is 1. The van der Waals surface area contributed by atoms with Gasteiger partial charge in [-0.05, 0) is 38.1 Å². The first-order valence-corrected chi connectivity index (χ1v) is 6.23. The van der Waals surface area contributed by atoms with Crippen molar-refractivity contribution in [3.8, 4) is 11.4 Å². The van der Waals surface area contributed by atoms with Gasteiger partial charge in [0.05, 0.1) is 28.0 Å². The third-order valence-electron chi connectivity index (χ3n) is 3.17. The van der Waals surface area contributed by atoms with Gasteiger partial charge in [-0.15, -0.1) is 0 Å². The molecule has 0 saturated carbocycles. The number of aryl methyl sites for hydroxylation is 2. The van der Waals surface area contributed by atoms with Crippen molar-refractivity contribution in [1.82, 2.24) is 20.2 Å². The molecule has 3 aromatic rings. The first-order chi connectivity index (χ1) is 9.84. The lowest BCUT2D eigenvalue weighted by molar-refractivity contribution is -0.137. The third kappa shape index (κ3) is 2.46. The van der Waals surface area contributed by atoms with Crippen LogP contribution in [0.15, 0.2) is 24.3 Å². The average Bonchev–Trinajstić information content (AvgIpc) is 2.83. The summed E-state index contributed by atoms with van der Waals surface area (Å²) in [6.45, 7) is 3.57. The molecule has 0 unspecified atom stereocenters. The molecule has 0 aliphatic carbocycles. The lowest BCUT2D eigenvalue weighted by Gasteiger charge is -2.05. The number of hydrogen-bond donors (Lipinski definition) is 1. The van der Waals surface area contributed by atoms with Crippen LogP contribution >= 0.6 is 0 Å². The molecular formula is C14H11F3N4. The minimum Gasteiger partial charge on any atom is -0.338 e. The van der Waals surface area contributed by atoms with Crippen LogP contribution in [0.3, 0.4) is 0 Å². The third-order valence-corrected chi connectivity index (χ3v) is 3.17. The maximum absolute atomic E-state index is 12.7. The summed E-state index contributed by atoms with van der Waals surface area (Å²) in [5, 5.41) is 7.92. The summed E-state index contributed by atoms with van der Waals surface area (Å²) in [6.07, 6.45) is -4.37. The van der Waals surface area contributed by atoms with Crippen LogP contribution in [0.4, 0.5) is 13.2 Å². The van der Waals surface area contributed by atoms with Crippen molar-refractivity contribution in [2.45, 2.75) is 20.0 Å². The number of hydrogen-bond acceptors (Lipinski definition) is 3. The van der Waals surface area contributed by atoms with Crippen LogP contribution in [-0.4, -0.2) is 20.2 Å². The molecule has 4 nitrogen and oxygen atoms in total. The zero-order valence-electron chi connectivity index (χ0n) is 11.3. The number of aromatic amines is 1. The van der Waals surface area contributed by atoms with Crippen LogP contribution in [0, 0.1) is 13.8 Å². The minimum atomic E-state index is -4.37. The summed E-state index contributed by atoms with van der Waals surface area (Å²) in [6, 6.07) is 5.23. The molecule has 2 heterocycles. The Labute approximate surface area is 118 Å². The highest BCUT2D eigenvalue weighted by atomic mass is 19.4. The fraction of sp³-hybridized carbons (Fsp3) is 0.214. The standard InChI is InChI=1S/C14H11F3N4/c1-7-5-10(8(2)21-20-7)13-18-11-4-3-9(14(15,16)17)6-12(11)19-13/h3-6H,1-2H3,(H,18,19). The molecule has 0 aliphatic rings. The second kappa shape index (κ2) is 4.54. The summed E-state index contributed by atoms with van der Waals surface area (Å²) >= 11 is 0. The van der Waals surface area contributed by atoms with Gasteiger partial charge in [-0.25, -0.2) is 4.98 Å². The topological polar surface area (TPSA) is 54.5 Å². The van der Waals surface area contributed by atoms with Gasteiger partial charge in [0, 0.05) is 5.56 Å². The van der Waals surface area contributed by atoms with Crippen molar-refractivity contribution in [3.63, 3.8) is 0 Å². The van der Waals surface area contributed by atoms with Gasteiger partial charge in [0.15, 0.2) is 0 Å². The average molecular weight is 292 g/mol. The monoisotopic (exact) mass is 292 g/mol. The van der Waals surface area contributed by atoms with E-state index >= 15 is 0 Å². The van der Waals surface area contributed by atoms with Crippen molar-refractivity contribution in [2.24, 2.45) is 0 Å². The molecule has 0 fully saturated rings. The second-order valence-electron chi connectivity index (χ2n) is 4.80. The van der Waals surface area contributed by atoms with Crippen LogP contribution in [0.2, 0.25) is 0 Å². The number of nitrogens with zero attached hydrogens (tertiary/aromatic N) is 3. The number of H-pyrrole nitrogens is 1. The highest BCUT2D eigenvalue weighted by Gasteiger charge is 2.30. The van der Waals surface area contributed by atoms with Gasteiger partial charge >= 0.3 is 6.18 Å². The Morgan fingerprint density at radius 2 is 1.81 bits per heavy atom. The number of fused-ring (bicyclic) bond motifs is 1. The van der Waals surface area contributed by atoms with E-state index in [4.69, 9.17) is 0 Å². The Balaban J connectivity index is 2.15. The van der Waals surface area contributed by atoms with Crippen molar-refractivity contribution in [3.05, 3.63) is 41.2 Å². The first-order valence-electron chi connectivity index (χ1n) is 6.23. The van der Waals surface area contributed by atoms with E-state index < -0.39 is 11.7 Å². The molecule has 1 aromatic carbocycles. The molecule has 1 N–H and O–H groups in total. The molecule has 0 radical (unpaired) electrons. The predicted octanol–water partition coefficient (Wildman–Crippen LogP) is 3.66. The summed E-state index contributed by atoms with van der Waals surface area (Å²) in [4.78, 5) is 7.23. The van der Waals surface area contributed by atoms with Crippen molar-refractivity contribution < 1.29 is 13.2 Å². The molecule has 108 valence electrons. The molecule has 7 heteroatoms. The molecular weight excluding hydrogens is 281 g/mol. The maximum atomic E-state index is 12.7. The van der Waals surface area contributed by atoms with Crippen LogP contribution in [0.1, 0.15) is 17.0 Å². The number of halogens is 3. The first kappa shape index (κ1) is 13.5. The van der Waals surface area contributed by atoms with Gasteiger partial charge in [-0.1, -0.05) is 0 Å². The van der Waals surface area contributed by atoms with E-state index in [2.05, 4.69) is 20.2 Å². The van der Waals surface area contributed by atoms with Gasteiger partial charge in [0.25, 0.3) is 0 Å². The van der Waals surface area contributed by atoms with E-state index in [1.807, 2.05) is 0 Å². The van der Waals surface area contributed by atoms with Gasteiger partial charge in [0.2, 0.25) is 0 Å². The molecule has 3 rings (SSSR count). The quantitative estimate of drug-likeness (QED) is 0.744. The van der Waals surface area contributed by atoms with Crippen LogP contribution in [0.25, 0.3) is 22.4 Å². The number of alkyl halides is 3. The van der Waals surface area contributed by atoms with Gasteiger partial charge in [-0.3, -0.25) is 0 Å². The highest BCUT2D eigenvalue weighted by Crippen LogP contribution is 2.31. The molecule has 0 atom stereocenters.